The van der Waals surface area contributed by atoms with Gasteiger partial charge in [-0.2, -0.15) is 0 Å². The van der Waals surface area contributed by atoms with Gasteiger partial charge in [0.1, 0.15) is 0 Å². The molecule has 1 aromatic carbocycles. The molecule has 4 rings (SSSR count). The first-order chi connectivity index (χ1) is 16.3. The zero-order chi connectivity index (χ0) is 25.7. The van der Waals surface area contributed by atoms with E-state index in [9.17, 15) is 4.79 Å². The molecule has 2 unspecified atom stereocenters. The van der Waals surface area contributed by atoms with E-state index in [0.717, 1.165) is 24.0 Å². The van der Waals surface area contributed by atoms with Crippen LogP contribution < -0.4 is 4.74 Å². The zero-order valence-electron chi connectivity index (χ0n) is 22.3. The Balaban J connectivity index is 1.75. The van der Waals surface area contributed by atoms with Crippen LogP contribution in [0.15, 0.2) is 30.5 Å². The average molecular weight is 475 g/mol. The van der Waals surface area contributed by atoms with Crippen LogP contribution in [0.4, 0.5) is 5.69 Å². The smallest absolute Gasteiger partial charge is 0.313 e. The SMILES string of the molecule is [C-]#[N+]c1cn2[nH]c(-c3ccccc3C)nc2c1OC(=O)C1C(C(C)(C)C)CC(C)CC1C(C)(C)C. The third kappa shape index (κ3) is 4.74. The van der Waals surface area contributed by atoms with Crippen molar-refractivity contribution in [3.63, 3.8) is 0 Å². The number of fused-ring (bicyclic) bond motifs is 1. The van der Waals surface area contributed by atoms with E-state index in [1.54, 1.807) is 10.7 Å². The van der Waals surface area contributed by atoms with Crippen LogP contribution in [-0.2, 0) is 4.79 Å². The Kier molecular flexibility index (Phi) is 6.34. The van der Waals surface area contributed by atoms with Crippen molar-refractivity contribution in [3.05, 3.63) is 47.4 Å². The highest BCUT2D eigenvalue weighted by Gasteiger charge is 2.50. The summed E-state index contributed by atoms with van der Waals surface area (Å²) in [6, 6.07) is 7.98. The molecule has 1 aliphatic rings. The molecule has 35 heavy (non-hydrogen) atoms. The minimum Gasteiger partial charge on any atom is -0.434 e. The third-order valence-corrected chi connectivity index (χ3v) is 7.76. The minimum atomic E-state index is -0.241. The Morgan fingerprint density at radius 3 is 2.26 bits per heavy atom. The van der Waals surface area contributed by atoms with E-state index >= 15 is 0 Å². The standard InChI is InChI=1S/C29H38N4O2/c1-17-14-20(28(3,4)5)23(21(15-17)29(6,7)8)27(34)35-24-22(30-9)16-33-26(24)31-25(32-33)19-13-11-10-12-18(19)2/h10-13,16-17,20-21,23H,14-15H2,1-8H3,(H,31,32). The second-order valence-electron chi connectivity index (χ2n) is 12.5. The lowest BCUT2D eigenvalue weighted by molar-refractivity contribution is -0.152. The quantitative estimate of drug-likeness (QED) is 0.316. The number of nitrogens with one attached hydrogen (secondary N) is 1. The fourth-order valence-electron chi connectivity index (χ4n) is 5.86. The van der Waals surface area contributed by atoms with E-state index in [4.69, 9.17) is 16.3 Å². The van der Waals surface area contributed by atoms with Crippen LogP contribution in [0.25, 0.3) is 21.9 Å². The first-order valence-corrected chi connectivity index (χ1v) is 12.6. The Labute approximate surface area is 208 Å². The normalized spacial score (nSPS) is 23.3. The van der Waals surface area contributed by atoms with Crippen LogP contribution >= 0.6 is 0 Å². The number of rotatable bonds is 3. The maximum Gasteiger partial charge on any atom is 0.313 e. The van der Waals surface area contributed by atoms with E-state index < -0.39 is 0 Å². The fourth-order valence-corrected chi connectivity index (χ4v) is 5.86. The van der Waals surface area contributed by atoms with Crippen LogP contribution in [-0.4, -0.2) is 20.6 Å². The van der Waals surface area contributed by atoms with Gasteiger partial charge in [-0.15, -0.1) is 0 Å². The Hall–Kier alpha value is -3.07. The van der Waals surface area contributed by atoms with Crippen LogP contribution in [0.2, 0.25) is 0 Å². The van der Waals surface area contributed by atoms with Gasteiger partial charge in [-0.25, -0.2) is 9.83 Å². The number of aryl methyl sites for hydroxylation is 1. The number of nitrogens with zero attached hydrogens (tertiary/aromatic N) is 3. The van der Waals surface area contributed by atoms with E-state index in [-0.39, 0.29) is 46.0 Å². The molecular weight excluding hydrogens is 436 g/mol. The van der Waals surface area contributed by atoms with Crippen LogP contribution in [0.1, 0.15) is 66.9 Å². The number of aromatic amines is 1. The second kappa shape index (κ2) is 8.86. The summed E-state index contributed by atoms with van der Waals surface area (Å²) in [7, 11) is 0. The van der Waals surface area contributed by atoms with Gasteiger partial charge in [0.2, 0.25) is 0 Å². The van der Waals surface area contributed by atoms with Gasteiger partial charge in [-0.05, 0) is 53.9 Å². The molecule has 1 saturated carbocycles. The zero-order valence-corrected chi connectivity index (χ0v) is 22.3. The molecule has 2 heterocycles. The van der Waals surface area contributed by atoms with Crippen molar-refractivity contribution in [3.8, 4) is 17.1 Å². The van der Waals surface area contributed by atoms with Gasteiger partial charge >= 0.3 is 5.97 Å². The highest BCUT2D eigenvalue weighted by molar-refractivity contribution is 5.83. The molecule has 186 valence electrons. The molecule has 0 radical (unpaired) electrons. The number of hydrogen-bond donors (Lipinski definition) is 1. The van der Waals surface area contributed by atoms with Crippen molar-refractivity contribution < 1.29 is 9.53 Å². The van der Waals surface area contributed by atoms with E-state index in [1.165, 1.54) is 0 Å². The topological polar surface area (TPSA) is 63.8 Å². The fraction of sp³-hybridized carbons (Fsp3) is 0.552. The summed E-state index contributed by atoms with van der Waals surface area (Å²) in [5.41, 5.74) is 2.74. The third-order valence-electron chi connectivity index (χ3n) is 7.76. The summed E-state index contributed by atoms with van der Waals surface area (Å²) in [5, 5.41) is 3.24. The van der Waals surface area contributed by atoms with Gasteiger partial charge in [0, 0.05) is 11.8 Å². The van der Waals surface area contributed by atoms with Gasteiger partial charge in [0.05, 0.1) is 12.5 Å². The first kappa shape index (κ1) is 25.0. The summed E-state index contributed by atoms with van der Waals surface area (Å²) in [6.07, 6.45) is 3.65. The lowest BCUT2D eigenvalue weighted by Crippen LogP contribution is -2.48. The highest BCUT2D eigenvalue weighted by atomic mass is 16.5. The van der Waals surface area contributed by atoms with E-state index in [2.05, 4.69) is 58.4 Å². The van der Waals surface area contributed by atoms with Gasteiger partial charge in [0.25, 0.3) is 5.69 Å². The largest absolute Gasteiger partial charge is 0.434 e. The minimum absolute atomic E-state index is 0.0368. The molecular formula is C29H38N4O2. The van der Waals surface area contributed by atoms with Gasteiger partial charge < -0.3 is 4.74 Å². The molecule has 6 heteroatoms. The molecule has 0 aliphatic heterocycles. The van der Waals surface area contributed by atoms with Crippen LogP contribution in [0.3, 0.4) is 0 Å². The molecule has 0 spiro atoms. The van der Waals surface area contributed by atoms with Crippen LogP contribution in [0, 0.1) is 48.0 Å². The Bertz CT molecular complexity index is 1250. The number of carbonyl (C=O) groups excluding carboxylic acids is 1. The first-order valence-electron chi connectivity index (χ1n) is 12.6. The van der Waals surface area contributed by atoms with Gasteiger partial charge in [0.15, 0.2) is 17.2 Å². The van der Waals surface area contributed by atoms with Crippen molar-refractivity contribution in [2.24, 2.45) is 34.5 Å². The van der Waals surface area contributed by atoms with E-state index in [0.29, 0.717) is 17.4 Å². The number of esters is 1. The molecule has 0 amide bonds. The molecule has 3 aromatic rings. The van der Waals surface area contributed by atoms with Crippen molar-refractivity contribution in [2.45, 2.75) is 68.2 Å². The van der Waals surface area contributed by atoms with Gasteiger partial charge in [-0.1, -0.05) is 72.7 Å². The molecule has 2 aromatic heterocycles. The molecule has 6 nitrogen and oxygen atoms in total. The monoisotopic (exact) mass is 474 g/mol. The van der Waals surface area contributed by atoms with Crippen molar-refractivity contribution in [1.29, 1.82) is 0 Å². The number of aromatic nitrogens is 3. The summed E-state index contributed by atoms with van der Waals surface area (Å²) in [5.74, 6) is 1.39. The Morgan fingerprint density at radius 1 is 1.11 bits per heavy atom. The van der Waals surface area contributed by atoms with Crippen LogP contribution in [0.5, 0.6) is 5.75 Å². The summed E-state index contributed by atoms with van der Waals surface area (Å²) >= 11 is 0. The summed E-state index contributed by atoms with van der Waals surface area (Å²) in [6.45, 7) is 25.3. The molecule has 2 atom stereocenters. The van der Waals surface area contributed by atoms with Crippen molar-refractivity contribution in [1.82, 2.24) is 14.6 Å². The molecule has 1 fully saturated rings. The predicted molar refractivity (Wildman–Crippen MR) is 139 cm³/mol. The van der Waals surface area contributed by atoms with E-state index in [1.807, 2.05) is 31.2 Å². The Morgan fingerprint density at radius 2 is 1.71 bits per heavy atom. The van der Waals surface area contributed by atoms with Crippen molar-refractivity contribution in [2.75, 3.05) is 0 Å². The number of carbonyl (C=O) groups is 1. The lowest BCUT2D eigenvalue weighted by Gasteiger charge is -2.49. The maximum atomic E-state index is 14.0. The van der Waals surface area contributed by atoms with Gasteiger partial charge in [-0.3, -0.25) is 14.4 Å². The molecule has 0 bridgehead atoms. The number of hydrogen-bond acceptors (Lipinski definition) is 3. The number of benzene rings is 1. The highest BCUT2D eigenvalue weighted by Crippen LogP contribution is 2.52. The molecule has 1 aliphatic carbocycles. The lowest BCUT2D eigenvalue weighted by atomic mass is 9.55. The predicted octanol–water partition coefficient (Wildman–Crippen LogP) is 7.46. The average Bonchev–Trinajstić information content (AvgIpc) is 3.30. The van der Waals surface area contributed by atoms with Crippen molar-refractivity contribution >= 4 is 17.3 Å². The number of ether oxygens (including phenoxy) is 1. The molecule has 0 saturated heterocycles. The number of H-pyrrole nitrogens is 1. The summed E-state index contributed by atoms with van der Waals surface area (Å²) in [4.78, 5) is 22.3. The summed E-state index contributed by atoms with van der Waals surface area (Å²) < 4.78 is 7.82. The molecule has 1 N–H and O–H groups in total. The maximum absolute atomic E-state index is 14.0. The second-order valence-corrected chi connectivity index (χ2v) is 12.5.